The predicted molar refractivity (Wildman–Crippen MR) is 103 cm³/mol. The molecule has 0 fully saturated rings. The maximum Gasteiger partial charge on any atom is 0.0235 e. The Labute approximate surface area is 157 Å². The standard InChI is InChI=1S/C16H32Cl4N2/c17-7-3-13-21(14-4-8-18)11-1-2-12-22(15-5-9-19)16-6-10-20/h1-16H2. The molecular formula is C16H32Cl4N2. The second-order valence-electron chi connectivity index (χ2n) is 5.56. The molecule has 0 spiro atoms. The van der Waals surface area contributed by atoms with Gasteiger partial charge in [0, 0.05) is 23.5 Å². The van der Waals surface area contributed by atoms with Crippen molar-refractivity contribution >= 4 is 46.4 Å². The Hall–Kier alpha value is 1.08. The zero-order chi connectivity index (χ0) is 16.5. The molecule has 0 aliphatic rings. The van der Waals surface area contributed by atoms with Gasteiger partial charge in [-0.2, -0.15) is 0 Å². The molecule has 0 amide bonds. The Morgan fingerprint density at radius 3 is 0.818 bits per heavy atom. The summed E-state index contributed by atoms with van der Waals surface area (Å²) in [6.07, 6.45) is 6.68. The van der Waals surface area contributed by atoms with Gasteiger partial charge in [0.25, 0.3) is 0 Å². The molecule has 6 heteroatoms. The molecule has 0 aromatic rings. The fourth-order valence-electron chi connectivity index (χ4n) is 2.48. The minimum atomic E-state index is 0.738. The van der Waals surface area contributed by atoms with Gasteiger partial charge < -0.3 is 9.80 Å². The van der Waals surface area contributed by atoms with E-state index >= 15 is 0 Å². The molecule has 2 nitrogen and oxygen atoms in total. The van der Waals surface area contributed by atoms with Gasteiger partial charge in [-0.15, -0.1) is 46.4 Å². The highest BCUT2D eigenvalue weighted by Gasteiger charge is 2.07. The van der Waals surface area contributed by atoms with Gasteiger partial charge in [0.2, 0.25) is 0 Å². The lowest BCUT2D eigenvalue weighted by Gasteiger charge is -2.24. The van der Waals surface area contributed by atoms with Gasteiger partial charge in [-0.25, -0.2) is 0 Å². The Morgan fingerprint density at radius 1 is 0.364 bits per heavy atom. The van der Waals surface area contributed by atoms with Crippen LogP contribution in [-0.2, 0) is 0 Å². The molecular weight excluding hydrogens is 362 g/mol. The summed E-state index contributed by atoms with van der Waals surface area (Å²) >= 11 is 23.2. The van der Waals surface area contributed by atoms with Gasteiger partial charge in [-0.1, -0.05) is 0 Å². The van der Waals surface area contributed by atoms with E-state index < -0.39 is 0 Å². The van der Waals surface area contributed by atoms with E-state index in [0.29, 0.717) is 0 Å². The highest BCUT2D eigenvalue weighted by Crippen LogP contribution is 2.04. The summed E-state index contributed by atoms with van der Waals surface area (Å²) in [5, 5.41) is 0. The molecule has 0 aliphatic carbocycles. The molecule has 134 valence electrons. The molecule has 0 rings (SSSR count). The number of rotatable bonds is 17. The minimum Gasteiger partial charge on any atom is -0.303 e. The lowest BCUT2D eigenvalue weighted by atomic mass is 10.2. The average Bonchev–Trinajstić information content (AvgIpc) is 2.54. The molecule has 0 saturated heterocycles. The highest BCUT2D eigenvalue weighted by atomic mass is 35.5. The van der Waals surface area contributed by atoms with Crippen LogP contribution in [0.15, 0.2) is 0 Å². The lowest BCUT2D eigenvalue weighted by molar-refractivity contribution is 0.242. The Balaban J connectivity index is 3.88. The molecule has 0 aromatic carbocycles. The van der Waals surface area contributed by atoms with Crippen LogP contribution >= 0.6 is 46.4 Å². The van der Waals surface area contributed by atoms with Crippen LogP contribution in [0.2, 0.25) is 0 Å². The van der Waals surface area contributed by atoms with Crippen LogP contribution in [0.4, 0.5) is 0 Å². The molecule has 0 radical (unpaired) electrons. The topological polar surface area (TPSA) is 6.48 Å². The van der Waals surface area contributed by atoms with Crippen LogP contribution in [0.1, 0.15) is 38.5 Å². The number of halogens is 4. The van der Waals surface area contributed by atoms with E-state index in [-0.39, 0.29) is 0 Å². The van der Waals surface area contributed by atoms with Crippen molar-refractivity contribution in [1.82, 2.24) is 9.80 Å². The second kappa shape index (κ2) is 18.4. The summed E-state index contributed by atoms with van der Waals surface area (Å²) in [4.78, 5) is 4.99. The van der Waals surface area contributed by atoms with Crippen molar-refractivity contribution < 1.29 is 0 Å². The maximum atomic E-state index is 5.80. The number of alkyl halides is 4. The first-order chi connectivity index (χ1) is 10.8. The van der Waals surface area contributed by atoms with Crippen molar-refractivity contribution in [3.8, 4) is 0 Å². The first-order valence-corrected chi connectivity index (χ1v) is 10.6. The second-order valence-corrected chi connectivity index (χ2v) is 7.07. The summed E-state index contributed by atoms with van der Waals surface area (Å²) in [7, 11) is 0. The molecule has 0 atom stereocenters. The molecule has 22 heavy (non-hydrogen) atoms. The van der Waals surface area contributed by atoms with Crippen LogP contribution < -0.4 is 0 Å². The summed E-state index contributed by atoms with van der Waals surface area (Å²) in [5.74, 6) is 2.95. The van der Waals surface area contributed by atoms with Crippen molar-refractivity contribution in [1.29, 1.82) is 0 Å². The van der Waals surface area contributed by atoms with Gasteiger partial charge in [0.15, 0.2) is 0 Å². The van der Waals surface area contributed by atoms with Crippen molar-refractivity contribution in [2.45, 2.75) is 38.5 Å². The lowest BCUT2D eigenvalue weighted by Crippen LogP contribution is -2.30. The van der Waals surface area contributed by atoms with Crippen LogP contribution in [0, 0.1) is 0 Å². The molecule has 0 unspecified atom stereocenters. The molecule has 0 bridgehead atoms. The Kier molecular flexibility index (Phi) is 19.3. The van der Waals surface area contributed by atoms with Gasteiger partial charge >= 0.3 is 0 Å². The smallest absolute Gasteiger partial charge is 0.0235 e. The van der Waals surface area contributed by atoms with Crippen LogP contribution in [0.5, 0.6) is 0 Å². The third kappa shape index (κ3) is 14.7. The number of hydrogen-bond acceptors (Lipinski definition) is 2. The van der Waals surface area contributed by atoms with E-state index in [1.165, 1.54) is 12.8 Å². The van der Waals surface area contributed by atoms with Gasteiger partial charge in [0.1, 0.15) is 0 Å². The van der Waals surface area contributed by atoms with Gasteiger partial charge in [-0.05, 0) is 77.8 Å². The monoisotopic (exact) mass is 392 g/mol. The van der Waals surface area contributed by atoms with Gasteiger partial charge in [-0.3, -0.25) is 0 Å². The zero-order valence-corrected chi connectivity index (χ0v) is 16.7. The molecule has 0 aliphatic heterocycles. The number of nitrogens with zero attached hydrogens (tertiary/aromatic N) is 2. The Morgan fingerprint density at radius 2 is 0.591 bits per heavy atom. The summed E-state index contributed by atoms with van der Waals surface area (Å²) in [6, 6.07) is 0. The summed E-state index contributed by atoms with van der Waals surface area (Å²) < 4.78 is 0. The third-order valence-corrected chi connectivity index (χ3v) is 4.70. The van der Waals surface area contributed by atoms with Crippen LogP contribution in [0.3, 0.4) is 0 Å². The van der Waals surface area contributed by atoms with Crippen LogP contribution in [-0.4, -0.2) is 72.6 Å². The fraction of sp³-hybridized carbons (Fsp3) is 1.00. The fourth-order valence-corrected chi connectivity index (χ4v) is 2.95. The highest BCUT2D eigenvalue weighted by molar-refractivity contribution is 6.18. The first kappa shape index (κ1) is 23.1. The van der Waals surface area contributed by atoms with E-state index in [0.717, 1.165) is 88.5 Å². The predicted octanol–water partition coefficient (Wildman–Crippen LogP) is 4.89. The normalized spacial score (nSPS) is 11.7. The van der Waals surface area contributed by atoms with Crippen LogP contribution in [0.25, 0.3) is 0 Å². The molecule has 0 saturated carbocycles. The van der Waals surface area contributed by atoms with Crippen molar-refractivity contribution in [3.05, 3.63) is 0 Å². The average molecular weight is 394 g/mol. The van der Waals surface area contributed by atoms with Crippen molar-refractivity contribution in [2.24, 2.45) is 0 Å². The van der Waals surface area contributed by atoms with E-state index in [4.69, 9.17) is 46.4 Å². The number of hydrogen-bond donors (Lipinski definition) is 0. The van der Waals surface area contributed by atoms with E-state index in [1.54, 1.807) is 0 Å². The first-order valence-electron chi connectivity index (χ1n) is 8.47. The Bertz CT molecular complexity index is 182. The third-order valence-electron chi connectivity index (χ3n) is 3.63. The molecule has 0 N–H and O–H groups in total. The van der Waals surface area contributed by atoms with E-state index in [9.17, 15) is 0 Å². The van der Waals surface area contributed by atoms with E-state index in [1.807, 2.05) is 0 Å². The summed E-state index contributed by atoms with van der Waals surface area (Å²) in [6.45, 7) is 6.63. The zero-order valence-electron chi connectivity index (χ0n) is 13.7. The van der Waals surface area contributed by atoms with Crippen molar-refractivity contribution in [3.63, 3.8) is 0 Å². The summed E-state index contributed by atoms with van der Waals surface area (Å²) in [5.41, 5.74) is 0. The minimum absolute atomic E-state index is 0.738. The molecule has 0 aromatic heterocycles. The maximum absolute atomic E-state index is 5.80. The van der Waals surface area contributed by atoms with E-state index in [2.05, 4.69) is 9.80 Å². The molecule has 0 heterocycles. The van der Waals surface area contributed by atoms with Gasteiger partial charge in [0.05, 0.1) is 0 Å². The van der Waals surface area contributed by atoms with Crippen molar-refractivity contribution in [2.75, 3.05) is 62.8 Å². The number of unbranched alkanes of at least 4 members (excludes halogenated alkanes) is 1. The largest absolute Gasteiger partial charge is 0.303 e. The SMILES string of the molecule is ClCCCN(CCCCl)CCCCN(CCCCl)CCCCl. The quantitative estimate of drug-likeness (QED) is 0.256.